The average molecular weight is 246 g/mol. The number of hydrogen-bond acceptors (Lipinski definition) is 1. The van der Waals surface area contributed by atoms with Gasteiger partial charge < -0.3 is 5.11 Å². The summed E-state index contributed by atoms with van der Waals surface area (Å²) in [5, 5.41) is 8.65. The number of carbonyl (C=O) groups is 1. The normalized spacial score (nSPS) is 11.5. The molecule has 0 aliphatic rings. The van der Waals surface area contributed by atoms with Crippen LogP contribution in [0.3, 0.4) is 0 Å². The Kier molecular flexibility index (Phi) is 4.54. The molecule has 1 N–H and O–H groups in total. The molecule has 0 saturated heterocycles. The van der Waals surface area contributed by atoms with Gasteiger partial charge in [-0.2, -0.15) is 13.2 Å². The quantitative estimate of drug-likeness (QED) is 0.805. The van der Waals surface area contributed by atoms with E-state index in [9.17, 15) is 18.0 Å². The molecule has 0 fully saturated rings. The second-order valence-corrected chi connectivity index (χ2v) is 3.82. The Balaban J connectivity index is 2.35. The van der Waals surface area contributed by atoms with Crippen LogP contribution in [0.15, 0.2) is 24.3 Å². The van der Waals surface area contributed by atoms with E-state index in [1.54, 1.807) is 12.1 Å². The minimum atomic E-state index is -4.09. The molecule has 0 spiro atoms. The molecule has 0 amide bonds. The smallest absolute Gasteiger partial charge is 0.389 e. The molecular formula is C12H13F3O2. The fraction of sp³-hybridized carbons (Fsp3) is 0.417. The number of alkyl halides is 3. The van der Waals surface area contributed by atoms with Gasteiger partial charge in [0.05, 0.1) is 5.56 Å². The molecule has 0 saturated carbocycles. The highest BCUT2D eigenvalue weighted by molar-refractivity contribution is 5.87. The molecule has 94 valence electrons. The first-order chi connectivity index (χ1) is 7.88. The van der Waals surface area contributed by atoms with E-state index in [0.717, 1.165) is 5.56 Å². The molecule has 2 nitrogen and oxygen atoms in total. The summed E-state index contributed by atoms with van der Waals surface area (Å²) in [5.41, 5.74) is 1.04. The maximum atomic E-state index is 11.9. The van der Waals surface area contributed by atoms with Crippen LogP contribution in [0.1, 0.15) is 35.2 Å². The lowest BCUT2D eigenvalue weighted by Gasteiger charge is -2.05. The van der Waals surface area contributed by atoms with Crippen LogP contribution >= 0.6 is 0 Å². The van der Waals surface area contributed by atoms with Crippen molar-refractivity contribution in [2.24, 2.45) is 0 Å². The summed E-state index contributed by atoms with van der Waals surface area (Å²) in [7, 11) is 0. The van der Waals surface area contributed by atoms with E-state index in [4.69, 9.17) is 5.11 Å². The Morgan fingerprint density at radius 1 is 1.12 bits per heavy atom. The Labute approximate surface area is 97.1 Å². The summed E-state index contributed by atoms with van der Waals surface area (Å²) in [5.74, 6) is -1.01. The van der Waals surface area contributed by atoms with Crippen LogP contribution in [0.5, 0.6) is 0 Å². The molecular weight excluding hydrogens is 233 g/mol. The number of aromatic carboxylic acids is 1. The van der Waals surface area contributed by atoms with Crippen LogP contribution in [0.25, 0.3) is 0 Å². The summed E-state index contributed by atoms with van der Waals surface area (Å²) in [6.45, 7) is 0. The fourth-order valence-electron chi connectivity index (χ4n) is 1.47. The lowest BCUT2D eigenvalue weighted by Crippen LogP contribution is -2.06. The van der Waals surface area contributed by atoms with E-state index in [0.29, 0.717) is 12.8 Å². The number of hydrogen-bond donors (Lipinski definition) is 1. The number of rotatable bonds is 5. The lowest BCUT2D eigenvalue weighted by molar-refractivity contribution is -0.135. The molecule has 17 heavy (non-hydrogen) atoms. The van der Waals surface area contributed by atoms with E-state index in [-0.39, 0.29) is 12.0 Å². The highest BCUT2D eigenvalue weighted by Crippen LogP contribution is 2.22. The van der Waals surface area contributed by atoms with Gasteiger partial charge in [-0.3, -0.25) is 0 Å². The van der Waals surface area contributed by atoms with Crippen molar-refractivity contribution in [2.45, 2.75) is 31.9 Å². The zero-order chi connectivity index (χ0) is 12.9. The van der Waals surface area contributed by atoms with Gasteiger partial charge in [-0.05, 0) is 37.0 Å². The van der Waals surface area contributed by atoms with Gasteiger partial charge in [0, 0.05) is 6.42 Å². The Hall–Kier alpha value is -1.52. The van der Waals surface area contributed by atoms with Crippen molar-refractivity contribution in [3.8, 4) is 0 Å². The van der Waals surface area contributed by atoms with Gasteiger partial charge in [0.1, 0.15) is 0 Å². The average Bonchev–Trinajstić information content (AvgIpc) is 2.24. The van der Waals surface area contributed by atoms with E-state index in [1.165, 1.54) is 12.1 Å². The van der Waals surface area contributed by atoms with Crippen molar-refractivity contribution in [3.63, 3.8) is 0 Å². The van der Waals surface area contributed by atoms with E-state index >= 15 is 0 Å². The van der Waals surface area contributed by atoms with Crippen molar-refractivity contribution >= 4 is 5.97 Å². The van der Waals surface area contributed by atoms with Crippen LogP contribution in [-0.2, 0) is 6.42 Å². The van der Waals surface area contributed by atoms with Crippen molar-refractivity contribution in [1.82, 2.24) is 0 Å². The molecule has 0 heterocycles. The molecule has 0 aliphatic carbocycles. The first-order valence-corrected chi connectivity index (χ1v) is 5.27. The molecule has 1 rings (SSSR count). The monoisotopic (exact) mass is 246 g/mol. The minimum absolute atomic E-state index is 0.101. The Morgan fingerprint density at radius 2 is 1.71 bits per heavy atom. The van der Waals surface area contributed by atoms with Crippen molar-refractivity contribution < 1.29 is 23.1 Å². The number of unbranched alkanes of at least 4 members (excludes halogenated alkanes) is 1. The molecule has 0 unspecified atom stereocenters. The molecule has 0 aliphatic heterocycles. The van der Waals surface area contributed by atoms with Gasteiger partial charge in [0.25, 0.3) is 0 Å². The summed E-state index contributed by atoms with van der Waals surface area (Å²) in [6.07, 6.45) is -3.76. The number of halogens is 3. The zero-order valence-corrected chi connectivity index (χ0v) is 9.13. The number of carboxylic acids is 1. The summed E-state index contributed by atoms with van der Waals surface area (Å²) in [6, 6.07) is 6.19. The number of carboxylic acid groups (broad SMARTS) is 1. The summed E-state index contributed by atoms with van der Waals surface area (Å²) in [4.78, 5) is 10.6. The highest BCUT2D eigenvalue weighted by atomic mass is 19.4. The van der Waals surface area contributed by atoms with Crippen LogP contribution in [0.2, 0.25) is 0 Å². The fourth-order valence-corrected chi connectivity index (χ4v) is 1.47. The maximum Gasteiger partial charge on any atom is 0.389 e. The predicted octanol–water partition coefficient (Wildman–Crippen LogP) is 3.66. The number of benzene rings is 1. The zero-order valence-electron chi connectivity index (χ0n) is 9.13. The molecule has 1 aromatic carbocycles. The van der Waals surface area contributed by atoms with Gasteiger partial charge in [-0.1, -0.05) is 12.1 Å². The summed E-state index contributed by atoms with van der Waals surface area (Å²) < 4.78 is 35.6. The van der Waals surface area contributed by atoms with E-state index in [1.807, 2.05) is 0 Å². The van der Waals surface area contributed by atoms with Crippen molar-refractivity contribution in [3.05, 3.63) is 35.4 Å². The second kappa shape index (κ2) is 5.70. The van der Waals surface area contributed by atoms with Crippen molar-refractivity contribution in [2.75, 3.05) is 0 Å². The minimum Gasteiger partial charge on any atom is -0.478 e. The standard InChI is InChI=1S/C12H13F3O2/c13-12(14,15)8-2-1-3-9-4-6-10(7-5-9)11(16)17/h4-7H,1-3,8H2,(H,16,17). The third kappa shape index (κ3) is 5.38. The van der Waals surface area contributed by atoms with Gasteiger partial charge in [0.2, 0.25) is 0 Å². The van der Waals surface area contributed by atoms with Gasteiger partial charge in [0.15, 0.2) is 0 Å². The van der Waals surface area contributed by atoms with Crippen LogP contribution in [-0.4, -0.2) is 17.3 Å². The molecule has 0 bridgehead atoms. The first kappa shape index (κ1) is 13.5. The third-order valence-corrected chi connectivity index (χ3v) is 2.38. The Morgan fingerprint density at radius 3 is 2.18 bits per heavy atom. The van der Waals surface area contributed by atoms with Crippen molar-refractivity contribution in [1.29, 1.82) is 0 Å². The maximum absolute atomic E-state index is 11.9. The first-order valence-electron chi connectivity index (χ1n) is 5.27. The Bertz CT molecular complexity index is 368. The third-order valence-electron chi connectivity index (χ3n) is 2.38. The SMILES string of the molecule is O=C(O)c1ccc(CCCCC(F)(F)F)cc1. The van der Waals surface area contributed by atoms with Crippen LogP contribution < -0.4 is 0 Å². The second-order valence-electron chi connectivity index (χ2n) is 3.82. The molecule has 0 atom stereocenters. The molecule has 5 heteroatoms. The number of aryl methyl sites for hydroxylation is 1. The molecule has 1 aromatic rings. The highest BCUT2D eigenvalue weighted by Gasteiger charge is 2.25. The van der Waals surface area contributed by atoms with Crippen LogP contribution in [0, 0.1) is 0 Å². The van der Waals surface area contributed by atoms with E-state index in [2.05, 4.69) is 0 Å². The van der Waals surface area contributed by atoms with Gasteiger partial charge in [-0.25, -0.2) is 4.79 Å². The van der Waals surface area contributed by atoms with Crippen LogP contribution in [0.4, 0.5) is 13.2 Å². The topological polar surface area (TPSA) is 37.3 Å². The predicted molar refractivity (Wildman–Crippen MR) is 57.0 cm³/mol. The van der Waals surface area contributed by atoms with Gasteiger partial charge >= 0.3 is 12.1 Å². The van der Waals surface area contributed by atoms with Gasteiger partial charge in [-0.15, -0.1) is 0 Å². The summed E-state index contributed by atoms with van der Waals surface area (Å²) >= 11 is 0. The molecule has 0 aromatic heterocycles. The largest absolute Gasteiger partial charge is 0.478 e. The lowest BCUT2D eigenvalue weighted by atomic mass is 10.1. The van der Waals surface area contributed by atoms with E-state index < -0.39 is 18.6 Å². The molecule has 0 radical (unpaired) electrons.